The summed E-state index contributed by atoms with van der Waals surface area (Å²) in [6.45, 7) is 5.02. The van der Waals surface area contributed by atoms with Crippen LogP contribution in [0.25, 0.3) is 10.2 Å². The van der Waals surface area contributed by atoms with E-state index in [1.807, 2.05) is 43.3 Å². The van der Waals surface area contributed by atoms with Crippen molar-refractivity contribution in [3.05, 3.63) is 53.5 Å². The minimum absolute atomic E-state index is 0.0632. The zero-order chi connectivity index (χ0) is 20.8. The molecule has 4 rings (SSSR count). The van der Waals surface area contributed by atoms with Gasteiger partial charge in [0.25, 0.3) is 5.91 Å². The first-order valence-electron chi connectivity index (χ1n) is 10.6. The summed E-state index contributed by atoms with van der Waals surface area (Å²) < 4.78 is 12.3. The van der Waals surface area contributed by atoms with Gasteiger partial charge in [-0.2, -0.15) is 0 Å². The van der Waals surface area contributed by atoms with Crippen molar-refractivity contribution in [2.24, 2.45) is 0 Å². The summed E-state index contributed by atoms with van der Waals surface area (Å²) in [4.78, 5) is 18.6. The smallest absolute Gasteiger partial charge is 0.275 e. The van der Waals surface area contributed by atoms with E-state index in [9.17, 15) is 4.79 Å². The highest BCUT2D eigenvalue weighted by atomic mass is 32.1. The van der Waals surface area contributed by atoms with Crippen LogP contribution >= 0.6 is 11.3 Å². The number of hydrogen-bond acceptors (Lipinski definition) is 5. The number of carbonyl (C=O) groups is 1. The largest absolute Gasteiger partial charge is 0.494 e. The summed E-state index contributed by atoms with van der Waals surface area (Å²) >= 11 is 1.76. The Bertz CT molecular complexity index is 940. The van der Waals surface area contributed by atoms with Gasteiger partial charge in [-0.3, -0.25) is 4.79 Å². The molecule has 2 aromatic carbocycles. The number of fused-ring (bicyclic) bond motifs is 1. The molecule has 30 heavy (non-hydrogen) atoms. The number of benzene rings is 2. The highest BCUT2D eigenvalue weighted by Crippen LogP contribution is 2.28. The molecule has 0 radical (unpaired) electrons. The molecule has 0 saturated carbocycles. The number of amides is 1. The molecule has 0 bridgehead atoms. The average Bonchev–Trinajstić information content (AvgIpc) is 3.39. The molecule has 1 aromatic heterocycles. The molecule has 3 aromatic rings. The lowest BCUT2D eigenvalue weighted by Crippen LogP contribution is -3.11. The second-order valence-corrected chi connectivity index (χ2v) is 8.46. The van der Waals surface area contributed by atoms with Crippen LogP contribution in [-0.4, -0.2) is 43.7 Å². The van der Waals surface area contributed by atoms with Crippen LogP contribution in [0.3, 0.4) is 0 Å². The van der Waals surface area contributed by atoms with Crippen LogP contribution in [-0.2, 0) is 4.79 Å². The predicted octanol–water partition coefficient (Wildman–Crippen LogP) is 2.61. The summed E-state index contributed by atoms with van der Waals surface area (Å²) in [7, 11) is 0. The molecule has 2 atom stereocenters. The monoisotopic (exact) mass is 426 g/mol. The third-order valence-corrected chi connectivity index (χ3v) is 6.46. The molecule has 1 fully saturated rings. The Morgan fingerprint density at radius 2 is 1.93 bits per heavy atom. The summed E-state index contributed by atoms with van der Waals surface area (Å²) in [6.07, 6.45) is 2.22. The number of nitrogens with zero attached hydrogens (tertiary/aromatic N) is 1. The molecular formula is C23H28N3O3S+. The van der Waals surface area contributed by atoms with Crippen LogP contribution in [0.5, 0.6) is 11.5 Å². The van der Waals surface area contributed by atoms with Crippen molar-refractivity contribution in [2.45, 2.75) is 25.8 Å². The number of aromatic nitrogens is 1. The minimum atomic E-state index is 0.0632. The molecule has 0 aliphatic carbocycles. The van der Waals surface area contributed by atoms with E-state index in [1.165, 1.54) is 9.60 Å². The molecule has 1 aliphatic heterocycles. The van der Waals surface area contributed by atoms with E-state index in [4.69, 9.17) is 14.5 Å². The van der Waals surface area contributed by atoms with E-state index in [0.29, 0.717) is 32.3 Å². The van der Waals surface area contributed by atoms with Gasteiger partial charge in [0.05, 0.1) is 29.9 Å². The number of carbonyl (C=O) groups excluding carboxylic acids is 1. The third-order valence-electron chi connectivity index (χ3n) is 5.31. The standard InChI is InChI=1S/C23H27N3O3S/c1-2-28-17-9-11-18(12-10-17)29-15-13-24-22(27)16-26-14-5-7-20(26)23-25-19-6-3-4-8-21(19)30-23/h3-4,6,8-12,20H,2,5,7,13-16H2,1H3,(H,24,27)/p+1/t20-/m1/s1. The fourth-order valence-electron chi connectivity index (χ4n) is 3.89. The molecule has 7 heteroatoms. The number of thiazole rings is 1. The predicted molar refractivity (Wildman–Crippen MR) is 118 cm³/mol. The van der Waals surface area contributed by atoms with Crippen molar-refractivity contribution in [2.75, 3.05) is 32.8 Å². The summed E-state index contributed by atoms with van der Waals surface area (Å²) in [5.74, 6) is 1.66. The van der Waals surface area contributed by atoms with Gasteiger partial charge in [0.1, 0.15) is 24.1 Å². The molecule has 6 nitrogen and oxygen atoms in total. The van der Waals surface area contributed by atoms with Crippen molar-refractivity contribution in [3.8, 4) is 11.5 Å². The molecule has 1 saturated heterocycles. The SMILES string of the molecule is CCOc1ccc(OCCNC(=O)C[NH+]2CCC[C@@H]2c2nc3ccccc3s2)cc1. The highest BCUT2D eigenvalue weighted by molar-refractivity contribution is 7.18. The van der Waals surface area contributed by atoms with Gasteiger partial charge in [-0.15, -0.1) is 11.3 Å². The van der Waals surface area contributed by atoms with Gasteiger partial charge in [-0.25, -0.2) is 4.98 Å². The number of nitrogens with one attached hydrogen (secondary N) is 2. The zero-order valence-electron chi connectivity index (χ0n) is 17.2. The van der Waals surface area contributed by atoms with E-state index >= 15 is 0 Å². The Kier molecular flexibility index (Phi) is 6.81. The Morgan fingerprint density at radius 3 is 2.70 bits per heavy atom. The van der Waals surface area contributed by atoms with E-state index in [2.05, 4.69) is 17.4 Å². The number of rotatable bonds is 9. The second-order valence-electron chi connectivity index (χ2n) is 7.40. The van der Waals surface area contributed by atoms with E-state index in [-0.39, 0.29) is 5.91 Å². The molecule has 1 amide bonds. The van der Waals surface area contributed by atoms with Crippen molar-refractivity contribution < 1.29 is 19.2 Å². The van der Waals surface area contributed by atoms with Crippen LogP contribution in [0, 0.1) is 0 Å². The van der Waals surface area contributed by atoms with Crippen molar-refractivity contribution in [1.82, 2.24) is 10.3 Å². The molecule has 0 spiro atoms. The molecule has 2 N–H and O–H groups in total. The number of hydrogen-bond donors (Lipinski definition) is 2. The first kappa shape index (κ1) is 20.6. The summed E-state index contributed by atoms with van der Waals surface area (Å²) in [5, 5.41) is 4.13. The number of quaternary nitrogens is 1. The van der Waals surface area contributed by atoms with Gasteiger partial charge in [0.2, 0.25) is 0 Å². The average molecular weight is 427 g/mol. The Balaban J connectivity index is 1.23. The van der Waals surface area contributed by atoms with Crippen LogP contribution < -0.4 is 19.7 Å². The van der Waals surface area contributed by atoms with Crippen LogP contribution in [0.4, 0.5) is 0 Å². The quantitative estimate of drug-likeness (QED) is 0.517. The number of likely N-dealkylation sites (tertiary alicyclic amines) is 1. The Hall–Kier alpha value is -2.64. The first-order valence-corrected chi connectivity index (χ1v) is 11.4. The summed E-state index contributed by atoms with van der Waals surface area (Å²) in [5.41, 5.74) is 1.06. The van der Waals surface area contributed by atoms with Crippen molar-refractivity contribution in [3.63, 3.8) is 0 Å². The van der Waals surface area contributed by atoms with Crippen molar-refractivity contribution in [1.29, 1.82) is 0 Å². The normalized spacial score (nSPS) is 18.4. The zero-order valence-corrected chi connectivity index (χ0v) is 18.0. The van der Waals surface area contributed by atoms with Gasteiger partial charge in [0, 0.05) is 12.8 Å². The van der Waals surface area contributed by atoms with Crippen LogP contribution in [0.15, 0.2) is 48.5 Å². The molecule has 1 aliphatic rings. The van der Waals surface area contributed by atoms with Gasteiger partial charge in [-0.05, 0) is 43.3 Å². The molecular weight excluding hydrogens is 398 g/mol. The maximum atomic E-state index is 12.5. The van der Waals surface area contributed by atoms with E-state index in [1.54, 1.807) is 11.3 Å². The Morgan fingerprint density at radius 1 is 1.17 bits per heavy atom. The lowest BCUT2D eigenvalue weighted by atomic mass is 10.2. The molecule has 2 heterocycles. The van der Waals surface area contributed by atoms with Crippen molar-refractivity contribution >= 4 is 27.5 Å². The fraction of sp³-hybridized carbons (Fsp3) is 0.391. The summed E-state index contributed by atoms with van der Waals surface area (Å²) in [6, 6.07) is 16.1. The number of para-hydroxylation sites is 1. The van der Waals surface area contributed by atoms with Crippen LogP contribution in [0.1, 0.15) is 30.8 Å². The molecule has 158 valence electrons. The number of ether oxygens (including phenoxy) is 2. The topological polar surface area (TPSA) is 64.9 Å². The minimum Gasteiger partial charge on any atom is -0.494 e. The third kappa shape index (κ3) is 5.09. The van der Waals surface area contributed by atoms with E-state index in [0.717, 1.165) is 41.4 Å². The van der Waals surface area contributed by atoms with Gasteiger partial charge >= 0.3 is 0 Å². The maximum Gasteiger partial charge on any atom is 0.275 e. The van der Waals surface area contributed by atoms with E-state index < -0.39 is 0 Å². The van der Waals surface area contributed by atoms with Gasteiger partial charge in [0.15, 0.2) is 11.6 Å². The Labute approximate surface area is 180 Å². The van der Waals surface area contributed by atoms with Gasteiger partial charge in [-0.1, -0.05) is 12.1 Å². The first-order chi connectivity index (χ1) is 14.7. The fourth-order valence-corrected chi connectivity index (χ4v) is 5.05. The lowest BCUT2D eigenvalue weighted by molar-refractivity contribution is -0.910. The maximum absolute atomic E-state index is 12.5. The lowest BCUT2D eigenvalue weighted by Gasteiger charge is -2.19. The highest BCUT2D eigenvalue weighted by Gasteiger charge is 2.33. The molecule has 1 unspecified atom stereocenters. The van der Waals surface area contributed by atoms with Crippen LogP contribution in [0.2, 0.25) is 0 Å². The van der Waals surface area contributed by atoms with Gasteiger partial charge < -0.3 is 19.7 Å². The second kappa shape index (κ2) is 9.91.